The first-order valence-electron chi connectivity index (χ1n) is 7.31. The van der Waals surface area contributed by atoms with E-state index in [0.717, 1.165) is 19.3 Å². The lowest BCUT2D eigenvalue weighted by Crippen LogP contribution is -2.58. The molecule has 0 bridgehead atoms. The van der Waals surface area contributed by atoms with Crippen molar-refractivity contribution in [2.24, 2.45) is 5.92 Å². The Balaban J connectivity index is 2.00. The maximum Gasteiger partial charge on any atom is 0.329 e. The van der Waals surface area contributed by atoms with Crippen LogP contribution in [0.5, 0.6) is 0 Å². The van der Waals surface area contributed by atoms with Gasteiger partial charge < -0.3 is 20.1 Å². The lowest BCUT2D eigenvalue weighted by Gasteiger charge is -2.35. The number of nitrogens with one attached hydrogen (secondary N) is 1. The van der Waals surface area contributed by atoms with Crippen LogP contribution in [0.25, 0.3) is 0 Å². The average molecular weight is 284 g/mol. The van der Waals surface area contributed by atoms with E-state index in [1.54, 1.807) is 20.8 Å². The zero-order valence-corrected chi connectivity index (χ0v) is 12.4. The Bertz CT molecular complexity index is 393. The molecular weight excluding hydrogens is 260 g/mol. The van der Waals surface area contributed by atoms with Crippen molar-refractivity contribution in [1.82, 2.24) is 10.2 Å². The van der Waals surface area contributed by atoms with Gasteiger partial charge in [0.1, 0.15) is 5.54 Å². The zero-order valence-electron chi connectivity index (χ0n) is 12.4. The molecule has 0 spiro atoms. The van der Waals surface area contributed by atoms with E-state index in [0.29, 0.717) is 19.1 Å². The molecule has 6 nitrogen and oxygen atoms in total. The summed E-state index contributed by atoms with van der Waals surface area (Å²) in [5.41, 5.74) is -1.21. The lowest BCUT2D eigenvalue weighted by molar-refractivity contribution is -0.147. The summed E-state index contributed by atoms with van der Waals surface area (Å²) in [7, 11) is 0. The number of ether oxygens (including phenoxy) is 1. The number of carboxylic acids is 1. The number of hydrogen-bond donors (Lipinski definition) is 2. The van der Waals surface area contributed by atoms with Gasteiger partial charge in [-0.15, -0.1) is 0 Å². The molecule has 1 aliphatic heterocycles. The molecule has 0 aromatic heterocycles. The Morgan fingerprint density at radius 3 is 2.50 bits per heavy atom. The normalized spacial score (nSPS) is 26.4. The van der Waals surface area contributed by atoms with Gasteiger partial charge >= 0.3 is 12.0 Å². The second kappa shape index (κ2) is 5.60. The predicted octanol–water partition coefficient (Wildman–Crippen LogP) is 1.45. The van der Waals surface area contributed by atoms with E-state index in [4.69, 9.17) is 4.74 Å². The van der Waals surface area contributed by atoms with E-state index in [2.05, 4.69) is 5.32 Å². The topological polar surface area (TPSA) is 78.9 Å². The molecule has 2 aliphatic rings. The molecular formula is C14H24N2O4. The van der Waals surface area contributed by atoms with E-state index < -0.39 is 11.5 Å². The van der Waals surface area contributed by atoms with E-state index in [9.17, 15) is 14.7 Å². The third kappa shape index (κ3) is 2.90. The number of amides is 2. The van der Waals surface area contributed by atoms with Crippen molar-refractivity contribution in [3.05, 3.63) is 0 Å². The van der Waals surface area contributed by atoms with Crippen LogP contribution in [0.15, 0.2) is 0 Å². The van der Waals surface area contributed by atoms with Gasteiger partial charge in [-0.1, -0.05) is 0 Å². The minimum Gasteiger partial charge on any atom is -0.480 e. The molecule has 2 amide bonds. The van der Waals surface area contributed by atoms with E-state index in [1.807, 2.05) is 0 Å². The van der Waals surface area contributed by atoms with Crippen LogP contribution in [0.1, 0.15) is 40.0 Å². The van der Waals surface area contributed by atoms with Gasteiger partial charge in [0.15, 0.2) is 0 Å². The standard InChI is InChI=1S/C14H24N2O4/c1-4-16(14(2,3)12(17)18)13(19)15-10-7-8-20-11(10)9-5-6-9/h9-11H,4-8H2,1-3H3,(H,15,19)(H,17,18). The summed E-state index contributed by atoms with van der Waals surface area (Å²) in [6, 6.07) is -0.310. The van der Waals surface area contributed by atoms with Crippen LogP contribution in [0.3, 0.4) is 0 Å². The summed E-state index contributed by atoms with van der Waals surface area (Å²) >= 11 is 0. The summed E-state index contributed by atoms with van der Waals surface area (Å²) in [6.45, 7) is 5.89. The Morgan fingerprint density at radius 2 is 2.00 bits per heavy atom. The number of carbonyl (C=O) groups is 2. The Kier molecular flexibility index (Phi) is 4.22. The molecule has 1 saturated carbocycles. The van der Waals surface area contributed by atoms with Gasteiger partial charge in [-0.05, 0) is 46.0 Å². The molecule has 0 aromatic rings. The number of likely N-dealkylation sites (N-methyl/N-ethyl adjacent to an activating group) is 1. The van der Waals surface area contributed by atoms with E-state index >= 15 is 0 Å². The first-order chi connectivity index (χ1) is 9.37. The molecule has 20 heavy (non-hydrogen) atoms. The fraction of sp³-hybridized carbons (Fsp3) is 0.857. The summed E-state index contributed by atoms with van der Waals surface area (Å²) in [5.74, 6) is -0.443. The van der Waals surface area contributed by atoms with Crippen molar-refractivity contribution in [3.8, 4) is 0 Å². The molecule has 1 saturated heterocycles. The number of rotatable bonds is 5. The molecule has 2 unspecified atom stereocenters. The van der Waals surface area contributed by atoms with Crippen LogP contribution in [0, 0.1) is 5.92 Å². The Hall–Kier alpha value is -1.30. The second-order valence-electron chi connectivity index (χ2n) is 6.13. The number of nitrogens with zero attached hydrogens (tertiary/aromatic N) is 1. The summed E-state index contributed by atoms with van der Waals surface area (Å²) < 4.78 is 5.69. The number of carbonyl (C=O) groups excluding carboxylic acids is 1. The third-order valence-corrected chi connectivity index (χ3v) is 4.29. The molecule has 1 aliphatic carbocycles. The smallest absolute Gasteiger partial charge is 0.329 e. The maximum absolute atomic E-state index is 12.4. The summed E-state index contributed by atoms with van der Waals surface area (Å²) in [4.78, 5) is 25.0. The molecule has 2 rings (SSSR count). The van der Waals surface area contributed by atoms with Gasteiger partial charge in [0.05, 0.1) is 12.1 Å². The molecule has 1 heterocycles. The fourth-order valence-corrected chi connectivity index (χ4v) is 2.80. The van der Waals surface area contributed by atoms with E-state index in [-0.39, 0.29) is 18.2 Å². The predicted molar refractivity (Wildman–Crippen MR) is 73.5 cm³/mol. The summed E-state index contributed by atoms with van der Waals surface area (Å²) in [5, 5.41) is 12.2. The largest absolute Gasteiger partial charge is 0.480 e. The Morgan fingerprint density at radius 1 is 1.35 bits per heavy atom. The van der Waals surface area contributed by atoms with Crippen molar-refractivity contribution in [1.29, 1.82) is 0 Å². The first kappa shape index (κ1) is 15.1. The van der Waals surface area contributed by atoms with Crippen molar-refractivity contribution in [3.63, 3.8) is 0 Å². The molecule has 0 aromatic carbocycles. The highest BCUT2D eigenvalue weighted by molar-refractivity contribution is 5.85. The second-order valence-corrected chi connectivity index (χ2v) is 6.13. The van der Waals surface area contributed by atoms with Gasteiger partial charge in [-0.25, -0.2) is 9.59 Å². The highest BCUT2D eigenvalue weighted by atomic mass is 16.5. The average Bonchev–Trinajstić information content (AvgIpc) is 3.11. The minimum atomic E-state index is -1.21. The van der Waals surface area contributed by atoms with Crippen molar-refractivity contribution in [2.75, 3.05) is 13.2 Å². The molecule has 2 atom stereocenters. The molecule has 2 fully saturated rings. The molecule has 114 valence electrons. The first-order valence-corrected chi connectivity index (χ1v) is 7.31. The van der Waals surface area contributed by atoms with Crippen molar-refractivity contribution in [2.45, 2.75) is 57.7 Å². The van der Waals surface area contributed by atoms with Crippen LogP contribution in [-0.4, -0.2) is 52.8 Å². The number of urea groups is 1. The van der Waals surface area contributed by atoms with Gasteiger partial charge in [0.25, 0.3) is 0 Å². The third-order valence-electron chi connectivity index (χ3n) is 4.29. The SMILES string of the molecule is CCN(C(=O)NC1CCOC1C1CC1)C(C)(C)C(=O)O. The minimum absolute atomic E-state index is 0.00800. The van der Waals surface area contributed by atoms with E-state index in [1.165, 1.54) is 4.90 Å². The monoisotopic (exact) mass is 284 g/mol. The van der Waals surface area contributed by atoms with Crippen LogP contribution >= 0.6 is 0 Å². The lowest BCUT2D eigenvalue weighted by atomic mass is 10.0. The summed E-state index contributed by atoms with van der Waals surface area (Å²) in [6.07, 6.45) is 3.23. The maximum atomic E-state index is 12.4. The van der Waals surface area contributed by atoms with Crippen LogP contribution in [-0.2, 0) is 9.53 Å². The molecule has 2 N–H and O–H groups in total. The van der Waals surface area contributed by atoms with Crippen LogP contribution < -0.4 is 5.32 Å². The number of aliphatic carboxylic acids is 1. The fourth-order valence-electron chi connectivity index (χ4n) is 2.80. The highest BCUT2D eigenvalue weighted by Crippen LogP contribution is 2.38. The molecule has 6 heteroatoms. The molecule has 0 radical (unpaired) electrons. The van der Waals surface area contributed by atoms with Gasteiger partial charge in [-0.2, -0.15) is 0 Å². The van der Waals surface area contributed by atoms with Gasteiger partial charge in [0, 0.05) is 13.2 Å². The number of hydrogen-bond acceptors (Lipinski definition) is 3. The number of carboxylic acid groups (broad SMARTS) is 1. The van der Waals surface area contributed by atoms with Gasteiger partial charge in [0.2, 0.25) is 0 Å². The van der Waals surface area contributed by atoms with Crippen LogP contribution in [0.4, 0.5) is 4.79 Å². The quantitative estimate of drug-likeness (QED) is 0.801. The van der Waals surface area contributed by atoms with Gasteiger partial charge in [-0.3, -0.25) is 0 Å². The van der Waals surface area contributed by atoms with Crippen molar-refractivity contribution >= 4 is 12.0 Å². The van der Waals surface area contributed by atoms with Crippen LogP contribution in [0.2, 0.25) is 0 Å². The van der Waals surface area contributed by atoms with Crippen molar-refractivity contribution < 1.29 is 19.4 Å². The Labute approximate surface area is 119 Å². The highest BCUT2D eigenvalue weighted by Gasteiger charge is 2.43. The zero-order chi connectivity index (χ0) is 14.9.